The molecule has 3 amide bonds. The van der Waals surface area contributed by atoms with Crippen LogP contribution in [0, 0.1) is 0 Å². The summed E-state index contributed by atoms with van der Waals surface area (Å²) in [7, 11) is 0. The fraction of sp³-hybridized carbons (Fsp3) is 0. The number of carbonyl (C=O) groups excluding carboxylic acids is 2. The summed E-state index contributed by atoms with van der Waals surface area (Å²) >= 11 is 10.00. The van der Waals surface area contributed by atoms with Crippen LogP contribution in [0.3, 0.4) is 0 Å². The molecule has 0 aliphatic rings. The van der Waals surface area contributed by atoms with Crippen molar-refractivity contribution in [2.45, 2.75) is 0 Å². The van der Waals surface area contributed by atoms with E-state index in [1.165, 1.54) is 12.3 Å². The quantitative estimate of drug-likeness (QED) is 0.310. The van der Waals surface area contributed by atoms with Gasteiger partial charge in [-0.3, -0.25) is 4.79 Å². The largest absolute Gasteiger partial charge is 0.457 e. The molecule has 0 spiro atoms. The standard InChI is InChI=1S/C21H14ClN3O4S/c22-19-16-12-18(29-17(16)9-10-23-19)20(26)25(30)21(27)24-13-5-4-8-15(11-13)28-14-6-2-1-3-7-14/h1-12,30H,(H,24,27). The van der Waals surface area contributed by atoms with Crippen molar-refractivity contribution in [1.29, 1.82) is 0 Å². The lowest BCUT2D eigenvalue weighted by atomic mass is 10.3. The van der Waals surface area contributed by atoms with E-state index in [2.05, 4.69) is 23.1 Å². The van der Waals surface area contributed by atoms with Gasteiger partial charge in [-0.2, -0.15) is 0 Å². The van der Waals surface area contributed by atoms with Crippen LogP contribution in [-0.4, -0.2) is 21.2 Å². The molecular weight excluding hydrogens is 426 g/mol. The number of carbonyl (C=O) groups is 2. The van der Waals surface area contributed by atoms with Crippen molar-refractivity contribution in [2.24, 2.45) is 0 Å². The molecule has 7 nitrogen and oxygen atoms in total. The molecule has 0 aliphatic heterocycles. The van der Waals surface area contributed by atoms with E-state index in [1.54, 1.807) is 30.3 Å². The van der Waals surface area contributed by atoms with Crippen molar-refractivity contribution in [3.05, 3.63) is 83.8 Å². The first-order valence-corrected chi connectivity index (χ1v) is 9.50. The van der Waals surface area contributed by atoms with Gasteiger partial charge in [0.1, 0.15) is 22.2 Å². The molecule has 1 N–H and O–H groups in total. The highest BCUT2D eigenvalue weighted by molar-refractivity contribution is 7.79. The van der Waals surface area contributed by atoms with Gasteiger partial charge in [0.15, 0.2) is 5.76 Å². The molecule has 0 atom stereocenters. The maximum Gasteiger partial charge on any atom is 0.339 e. The van der Waals surface area contributed by atoms with Crippen LogP contribution in [0.15, 0.2) is 77.3 Å². The van der Waals surface area contributed by atoms with E-state index in [-0.39, 0.29) is 10.9 Å². The molecule has 4 aromatic rings. The first kappa shape index (κ1) is 19.8. The summed E-state index contributed by atoms with van der Waals surface area (Å²) in [5.41, 5.74) is 0.809. The fourth-order valence-electron chi connectivity index (χ4n) is 2.67. The third-order valence-electron chi connectivity index (χ3n) is 4.06. The number of halogens is 1. The van der Waals surface area contributed by atoms with Crippen LogP contribution in [0.5, 0.6) is 11.5 Å². The molecule has 9 heteroatoms. The predicted octanol–water partition coefficient (Wildman–Crippen LogP) is 5.79. The van der Waals surface area contributed by atoms with E-state index in [4.69, 9.17) is 20.8 Å². The Kier molecular flexibility index (Phi) is 5.60. The number of thiol groups is 1. The smallest absolute Gasteiger partial charge is 0.339 e. The zero-order valence-corrected chi connectivity index (χ0v) is 16.9. The van der Waals surface area contributed by atoms with Crippen LogP contribution in [0.25, 0.3) is 11.0 Å². The van der Waals surface area contributed by atoms with Gasteiger partial charge in [-0.15, -0.1) is 0 Å². The van der Waals surface area contributed by atoms with E-state index >= 15 is 0 Å². The highest BCUT2D eigenvalue weighted by Crippen LogP contribution is 2.27. The SMILES string of the molecule is O=C(Nc1cccc(Oc2ccccc2)c1)N(S)C(=O)c1cc2c(Cl)nccc2o1. The Morgan fingerprint density at radius 1 is 1.03 bits per heavy atom. The second-order valence-corrected chi connectivity index (χ2v) is 6.87. The van der Waals surface area contributed by atoms with Crippen LogP contribution < -0.4 is 10.1 Å². The second-order valence-electron chi connectivity index (χ2n) is 6.11. The molecule has 0 fully saturated rings. The Bertz CT molecular complexity index is 1230. The number of urea groups is 1. The number of para-hydroxylation sites is 1. The number of nitrogens with one attached hydrogen (secondary N) is 1. The van der Waals surface area contributed by atoms with Gasteiger partial charge in [-0.25, -0.2) is 14.1 Å². The summed E-state index contributed by atoms with van der Waals surface area (Å²) in [6.07, 6.45) is 1.46. The second kappa shape index (κ2) is 8.48. The maximum absolute atomic E-state index is 12.6. The van der Waals surface area contributed by atoms with Crippen LogP contribution >= 0.6 is 24.4 Å². The van der Waals surface area contributed by atoms with E-state index in [0.717, 1.165) is 0 Å². The number of hydrogen-bond acceptors (Lipinski definition) is 6. The van der Waals surface area contributed by atoms with Gasteiger partial charge in [0.05, 0.1) is 5.39 Å². The summed E-state index contributed by atoms with van der Waals surface area (Å²) in [4.78, 5) is 29.0. The average molecular weight is 440 g/mol. The van der Waals surface area contributed by atoms with Gasteiger partial charge in [-0.1, -0.05) is 48.7 Å². The Hall–Kier alpha value is -3.49. The molecule has 0 aliphatic carbocycles. The number of fused-ring (bicyclic) bond motifs is 1. The zero-order chi connectivity index (χ0) is 21.1. The van der Waals surface area contributed by atoms with E-state index in [1.807, 2.05) is 30.3 Å². The lowest BCUT2D eigenvalue weighted by Crippen LogP contribution is -2.32. The highest BCUT2D eigenvalue weighted by atomic mass is 35.5. The number of benzene rings is 2. The molecule has 2 heterocycles. The summed E-state index contributed by atoms with van der Waals surface area (Å²) in [5.74, 6) is 0.339. The van der Waals surface area contributed by atoms with Crippen LogP contribution in [0.2, 0.25) is 5.15 Å². The lowest BCUT2D eigenvalue weighted by Gasteiger charge is -2.14. The Morgan fingerprint density at radius 2 is 1.80 bits per heavy atom. The third kappa shape index (κ3) is 4.24. The maximum atomic E-state index is 12.6. The van der Waals surface area contributed by atoms with Crippen molar-refractivity contribution in [3.8, 4) is 11.5 Å². The van der Waals surface area contributed by atoms with Crippen molar-refractivity contribution in [1.82, 2.24) is 9.29 Å². The van der Waals surface area contributed by atoms with Gasteiger partial charge < -0.3 is 14.5 Å². The first-order chi connectivity index (χ1) is 14.5. The van der Waals surface area contributed by atoms with E-state index < -0.39 is 11.9 Å². The Labute approximate surface area is 181 Å². The molecule has 0 saturated heterocycles. The molecular formula is C21H14ClN3O4S. The van der Waals surface area contributed by atoms with Crippen molar-refractivity contribution in [2.75, 3.05) is 5.32 Å². The minimum absolute atomic E-state index is 0.0915. The number of hydrogen-bond donors (Lipinski definition) is 2. The van der Waals surface area contributed by atoms with Gasteiger partial charge in [0.25, 0.3) is 0 Å². The van der Waals surface area contributed by atoms with E-state index in [0.29, 0.717) is 32.5 Å². The zero-order valence-electron chi connectivity index (χ0n) is 15.3. The lowest BCUT2D eigenvalue weighted by molar-refractivity contribution is 0.0875. The fourth-order valence-corrected chi connectivity index (χ4v) is 3.02. The van der Waals surface area contributed by atoms with E-state index in [9.17, 15) is 9.59 Å². The van der Waals surface area contributed by atoms with Crippen LogP contribution in [-0.2, 0) is 0 Å². The molecule has 2 aromatic heterocycles. The molecule has 0 bridgehead atoms. The molecule has 150 valence electrons. The molecule has 2 aromatic carbocycles. The topological polar surface area (TPSA) is 84.7 Å². The van der Waals surface area contributed by atoms with Crippen LogP contribution in [0.4, 0.5) is 10.5 Å². The van der Waals surface area contributed by atoms with Crippen molar-refractivity contribution >= 4 is 53.0 Å². The molecule has 0 unspecified atom stereocenters. The number of amides is 3. The molecule has 0 radical (unpaired) electrons. The minimum Gasteiger partial charge on any atom is -0.457 e. The number of furan rings is 1. The monoisotopic (exact) mass is 439 g/mol. The number of aromatic nitrogens is 1. The molecule has 4 rings (SSSR count). The Morgan fingerprint density at radius 3 is 2.57 bits per heavy atom. The summed E-state index contributed by atoms with van der Waals surface area (Å²) in [6.45, 7) is 0. The Balaban J connectivity index is 1.47. The van der Waals surface area contributed by atoms with Crippen LogP contribution in [0.1, 0.15) is 10.6 Å². The number of ether oxygens (including phenoxy) is 1. The van der Waals surface area contributed by atoms with Crippen molar-refractivity contribution < 1.29 is 18.7 Å². The average Bonchev–Trinajstić information content (AvgIpc) is 3.19. The first-order valence-electron chi connectivity index (χ1n) is 8.72. The summed E-state index contributed by atoms with van der Waals surface area (Å²) < 4.78 is 11.8. The number of pyridine rings is 1. The molecule has 30 heavy (non-hydrogen) atoms. The predicted molar refractivity (Wildman–Crippen MR) is 116 cm³/mol. The van der Waals surface area contributed by atoms with Gasteiger partial charge in [-0.05, 0) is 30.3 Å². The van der Waals surface area contributed by atoms with Crippen molar-refractivity contribution in [3.63, 3.8) is 0 Å². The minimum atomic E-state index is -0.759. The summed E-state index contributed by atoms with van der Waals surface area (Å²) in [6, 6.07) is 18.2. The number of imide groups is 1. The number of nitrogens with zero attached hydrogens (tertiary/aromatic N) is 2. The highest BCUT2D eigenvalue weighted by Gasteiger charge is 2.24. The third-order valence-corrected chi connectivity index (χ3v) is 4.72. The number of rotatable bonds is 4. The van der Waals surface area contributed by atoms with Gasteiger partial charge >= 0.3 is 11.9 Å². The number of anilines is 1. The summed E-state index contributed by atoms with van der Waals surface area (Å²) in [5, 5.41) is 3.26. The normalized spacial score (nSPS) is 10.6. The molecule has 0 saturated carbocycles. The van der Waals surface area contributed by atoms with Gasteiger partial charge in [0, 0.05) is 24.0 Å². The van der Waals surface area contributed by atoms with Gasteiger partial charge in [0.2, 0.25) is 0 Å².